The van der Waals surface area contributed by atoms with Crippen LogP contribution in [-0.4, -0.2) is 55.8 Å². The summed E-state index contributed by atoms with van der Waals surface area (Å²) < 4.78 is 27.0. The molecule has 9 heteroatoms. The molecule has 0 bridgehead atoms. The maximum Gasteiger partial charge on any atom is 0.253 e. The monoisotopic (exact) mass is 498 g/mol. The van der Waals surface area contributed by atoms with E-state index in [9.17, 15) is 13.2 Å². The van der Waals surface area contributed by atoms with Gasteiger partial charge in [0, 0.05) is 38.8 Å². The third kappa shape index (κ3) is 6.45. The molecule has 32 heavy (non-hydrogen) atoms. The van der Waals surface area contributed by atoms with Crippen LogP contribution in [0.2, 0.25) is 5.02 Å². The summed E-state index contributed by atoms with van der Waals surface area (Å²) in [5.74, 6) is -0.330. The Labute approximate surface area is 202 Å². The van der Waals surface area contributed by atoms with E-state index in [1.807, 2.05) is 18.2 Å². The molecular formula is C23H30Cl2N3O3S-. The Bertz CT molecular complexity index is 991. The second-order valence-electron chi connectivity index (χ2n) is 7.74. The fourth-order valence-corrected chi connectivity index (χ4v) is 5.58. The van der Waals surface area contributed by atoms with E-state index in [4.69, 9.17) is 11.6 Å². The molecule has 176 valence electrons. The number of rotatable bonds is 8. The van der Waals surface area contributed by atoms with Crippen molar-refractivity contribution in [3.05, 3.63) is 64.7 Å². The molecule has 2 aromatic carbocycles. The van der Waals surface area contributed by atoms with E-state index in [-0.39, 0.29) is 39.8 Å². The van der Waals surface area contributed by atoms with Crippen LogP contribution in [0, 0.1) is 0 Å². The molecule has 0 unspecified atom stereocenters. The number of piperidine rings is 1. The van der Waals surface area contributed by atoms with Crippen molar-refractivity contribution in [2.45, 2.75) is 44.2 Å². The number of sulfonamides is 1. The average molecular weight is 499 g/mol. The zero-order valence-electron chi connectivity index (χ0n) is 18.4. The Morgan fingerprint density at radius 3 is 2.31 bits per heavy atom. The molecular weight excluding hydrogens is 469 g/mol. The molecule has 1 heterocycles. The van der Waals surface area contributed by atoms with Gasteiger partial charge >= 0.3 is 0 Å². The number of amides is 1. The number of hydrogen-bond acceptors (Lipinski definition) is 4. The normalized spacial score (nSPS) is 15.4. The van der Waals surface area contributed by atoms with Crippen LogP contribution < -0.4 is 17.7 Å². The van der Waals surface area contributed by atoms with Gasteiger partial charge < -0.3 is 17.7 Å². The first kappa shape index (κ1) is 26.6. The predicted octanol–water partition coefficient (Wildman–Crippen LogP) is 0.769. The van der Waals surface area contributed by atoms with Crippen molar-refractivity contribution < 1.29 is 25.6 Å². The maximum atomic E-state index is 12.9. The summed E-state index contributed by atoms with van der Waals surface area (Å²) in [6.45, 7) is 6.99. The third-order valence-corrected chi connectivity index (χ3v) is 8.07. The van der Waals surface area contributed by atoms with Crippen molar-refractivity contribution in [3.63, 3.8) is 0 Å². The van der Waals surface area contributed by atoms with Gasteiger partial charge in [0.15, 0.2) is 0 Å². The summed E-state index contributed by atoms with van der Waals surface area (Å²) in [7, 11) is -3.66. The van der Waals surface area contributed by atoms with Gasteiger partial charge in [-0.25, -0.2) is 8.42 Å². The van der Waals surface area contributed by atoms with Gasteiger partial charge in [0.2, 0.25) is 10.0 Å². The lowest BCUT2D eigenvalue weighted by molar-refractivity contribution is -0.0000180. The van der Waals surface area contributed by atoms with E-state index in [2.05, 4.69) is 22.3 Å². The lowest BCUT2D eigenvalue weighted by Crippen LogP contribution is -3.00. The first-order chi connectivity index (χ1) is 14.8. The number of nitrogens with one attached hydrogen (secondary N) is 1. The zero-order chi connectivity index (χ0) is 22.4. The average Bonchev–Trinajstić information content (AvgIpc) is 2.76. The van der Waals surface area contributed by atoms with Crippen LogP contribution in [-0.2, 0) is 16.6 Å². The quantitative estimate of drug-likeness (QED) is 0.583. The molecule has 0 saturated carbocycles. The van der Waals surface area contributed by atoms with Crippen molar-refractivity contribution in [1.82, 2.24) is 14.5 Å². The van der Waals surface area contributed by atoms with Gasteiger partial charge in [-0.05, 0) is 36.6 Å². The van der Waals surface area contributed by atoms with Crippen LogP contribution in [0.1, 0.15) is 42.6 Å². The Morgan fingerprint density at radius 1 is 1.09 bits per heavy atom. The third-order valence-electron chi connectivity index (χ3n) is 5.70. The SMILES string of the molecule is CCN(CC)S(=O)(=O)c1ccc(Cl)c(C(=O)NC2CCN(Cc3ccccc3)CC2)c1.[Cl-]. The Hall–Kier alpha value is -1.64. The molecule has 0 spiro atoms. The topological polar surface area (TPSA) is 69.7 Å². The highest BCUT2D eigenvalue weighted by molar-refractivity contribution is 7.89. The number of carbonyl (C=O) groups is 1. The number of halogens is 2. The van der Waals surface area contributed by atoms with E-state index in [1.165, 1.54) is 28.1 Å². The summed E-state index contributed by atoms with van der Waals surface area (Å²) >= 11 is 6.24. The molecule has 6 nitrogen and oxygen atoms in total. The Balaban J connectivity index is 0.00000363. The molecule has 1 N–H and O–H groups in total. The molecule has 0 atom stereocenters. The minimum atomic E-state index is -3.66. The van der Waals surface area contributed by atoms with E-state index in [1.54, 1.807) is 13.8 Å². The minimum absolute atomic E-state index is 0. The fraction of sp³-hybridized carbons (Fsp3) is 0.435. The Kier molecular flexibility index (Phi) is 9.98. The van der Waals surface area contributed by atoms with Gasteiger partial charge in [-0.15, -0.1) is 0 Å². The maximum absolute atomic E-state index is 12.9. The zero-order valence-corrected chi connectivity index (χ0v) is 20.8. The van der Waals surface area contributed by atoms with E-state index in [0.717, 1.165) is 32.5 Å². The van der Waals surface area contributed by atoms with Crippen LogP contribution in [0.5, 0.6) is 0 Å². The van der Waals surface area contributed by atoms with Crippen molar-refractivity contribution in [3.8, 4) is 0 Å². The summed E-state index contributed by atoms with van der Waals surface area (Å²) in [4.78, 5) is 15.3. The standard InChI is InChI=1S/C23H30ClN3O3S.ClH/c1-3-27(4-2)31(29,30)20-10-11-22(24)21(16-20)23(28)25-19-12-14-26(15-13-19)17-18-8-6-5-7-9-18;/h5-11,16,19H,3-4,12-15,17H2,1-2H3,(H,25,28);1H/p-1. The molecule has 3 rings (SSSR count). The molecule has 2 aromatic rings. The predicted molar refractivity (Wildman–Crippen MR) is 124 cm³/mol. The highest BCUT2D eigenvalue weighted by atomic mass is 35.5. The number of nitrogens with zero attached hydrogens (tertiary/aromatic N) is 2. The number of likely N-dealkylation sites (tertiary alicyclic amines) is 1. The van der Waals surface area contributed by atoms with Crippen molar-refractivity contribution >= 4 is 27.5 Å². The molecule has 1 amide bonds. The number of carbonyl (C=O) groups excluding carboxylic acids is 1. The lowest BCUT2D eigenvalue weighted by Gasteiger charge is -2.32. The molecule has 1 aliphatic heterocycles. The van der Waals surface area contributed by atoms with Crippen molar-refractivity contribution in [2.24, 2.45) is 0 Å². The van der Waals surface area contributed by atoms with Crippen LogP contribution in [0.4, 0.5) is 0 Å². The molecule has 0 aromatic heterocycles. The van der Waals surface area contributed by atoms with E-state index < -0.39 is 10.0 Å². The first-order valence-electron chi connectivity index (χ1n) is 10.7. The van der Waals surface area contributed by atoms with Gasteiger partial charge in [0.05, 0.1) is 15.5 Å². The van der Waals surface area contributed by atoms with Gasteiger partial charge in [-0.1, -0.05) is 55.8 Å². The van der Waals surface area contributed by atoms with Crippen LogP contribution in [0.3, 0.4) is 0 Å². The summed E-state index contributed by atoms with van der Waals surface area (Å²) in [6.07, 6.45) is 1.68. The lowest BCUT2D eigenvalue weighted by atomic mass is 10.0. The van der Waals surface area contributed by atoms with Crippen LogP contribution in [0.15, 0.2) is 53.4 Å². The molecule has 1 aliphatic rings. The van der Waals surface area contributed by atoms with Crippen LogP contribution >= 0.6 is 11.6 Å². The largest absolute Gasteiger partial charge is 1.00 e. The van der Waals surface area contributed by atoms with Gasteiger partial charge in [0.25, 0.3) is 5.91 Å². The number of benzene rings is 2. The van der Waals surface area contributed by atoms with Crippen molar-refractivity contribution in [1.29, 1.82) is 0 Å². The van der Waals surface area contributed by atoms with Crippen molar-refractivity contribution in [2.75, 3.05) is 26.2 Å². The van der Waals surface area contributed by atoms with Gasteiger partial charge in [-0.2, -0.15) is 4.31 Å². The van der Waals surface area contributed by atoms with Crippen LogP contribution in [0.25, 0.3) is 0 Å². The second kappa shape index (κ2) is 12.0. The highest BCUT2D eigenvalue weighted by Crippen LogP contribution is 2.24. The number of hydrogen-bond donors (Lipinski definition) is 1. The van der Waals surface area contributed by atoms with Gasteiger partial charge in [-0.3, -0.25) is 9.69 Å². The fourth-order valence-electron chi connectivity index (χ4n) is 3.89. The van der Waals surface area contributed by atoms with Gasteiger partial charge in [0.1, 0.15) is 0 Å². The summed E-state index contributed by atoms with van der Waals surface area (Å²) in [5, 5.41) is 3.29. The van der Waals surface area contributed by atoms with E-state index >= 15 is 0 Å². The summed E-state index contributed by atoms with van der Waals surface area (Å²) in [6, 6.07) is 14.7. The smallest absolute Gasteiger partial charge is 0.253 e. The first-order valence-corrected chi connectivity index (χ1v) is 12.5. The highest BCUT2D eigenvalue weighted by Gasteiger charge is 2.26. The molecule has 1 saturated heterocycles. The Morgan fingerprint density at radius 2 is 1.72 bits per heavy atom. The summed E-state index contributed by atoms with van der Waals surface area (Å²) in [5.41, 5.74) is 1.48. The second-order valence-corrected chi connectivity index (χ2v) is 10.1. The molecule has 0 radical (unpaired) electrons. The molecule has 1 fully saturated rings. The molecule has 0 aliphatic carbocycles. The van der Waals surface area contributed by atoms with E-state index in [0.29, 0.717) is 13.1 Å². The minimum Gasteiger partial charge on any atom is -1.00 e.